The lowest BCUT2D eigenvalue weighted by molar-refractivity contribution is 0.0727. The first kappa shape index (κ1) is 16.1. The number of hydrogen-bond acceptors (Lipinski definition) is 5. The van der Waals surface area contributed by atoms with Crippen molar-refractivity contribution in [2.75, 3.05) is 0 Å². The molecule has 0 aliphatic rings. The fourth-order valence-electron chi connectivity index (χ4n) is 2.27. The number of esters is 1. The molecular formula is C18H14FNO3S. The summed E-state index contributed by atoms with van der Waals surface area (Å²) in [6.07, 6.45) is 1.56. The Kier molecular flexibility index (Phi) is 4.31. The Hall–Kier alpha value is -2.73. The van der Waals surface area contributed by atoms with Gasteiger partial charge in [0.05, 0.1) is 4.88 Å². The summed E-state index contributed by atoms with van der Waals surface area (Å²) >= 11 is 1.15. The fourth-order valence-corrected chi connectivity index (χ4v) is 3.05. The molecule has 0 unspecified atom stereocenters. The van der Waals surface area contributed by atoms with Crippen molar-refractivity contribution in [1.82, 2.24) is 4.98 Å². The Morgan fingerprint density at radius 3 is 2.54 bits per heavy atom. The zero-order valence-corrected chi connectivity index (χ0v) is 13.9. The van der Waals surface area contributed by atoms with Gasteiger partial charge in [0.25, 0.3) is 0 Å². The first-order chi connectivity index (χ1) is 11.5. The molecule has 0 amide bonds. The van der Waals surface area contributed by atoms with Crippen molar-refractivity contribution in [3.63, 3.8) is 0 Å². The number of benzene rings is 2. The molecule has 1 aromatic heterocycles. The van der Waals surface area contributed by atoms with Crippen LogP contribution in [0.2, 0.25) is 0 Å². The minimum Gasteiger partial charge on any atom is -0.507 e. The van der Waals surface area contributed by atoms with Gasteiger partial charge in [-0.25, -0.2) is 14.2 Å². The Balaban J connectivity index is 1.85. The number of para-hydroxylation sites is 1. The Morgan fingerprint density at radius 2 is 1.88 bits per heavy atom. The average Bonchev–Trinajstić information content (AvgIpc) is 3.04. The largest absolute Gasteiger partial charge is 0.507 e. The predicted molar refractivity (Wildman–Crippen MR) is 90.0 cm³/mol. The minimum absolute atomic E-state index is 0.129. The highest BCUT2D eigenvalue weighted by molar-refractivity contribution is 7.16. The topological polar surface area (TPSA) is 59.4 Å². The highest BCUT2D eigenvalue weighted by Crippen LogP contribution is 2.32. The Morgan fingerprint density at radius 1 is 1.21 bits per heavy atom. The van der Waals surface area contributed by atoms with Crippen LogP contribution in [0, 0.1) is 19.7 Å². The maximum Gasteiger partial charge on any atom is 0.372 e. The van der Waals surface area contributed by atoms with Gasteiger partial charge in [0.2, 0.25) is 5.01 Å². The zero-order chi connectivity index (χ0) is 17.3. The van der Waals surface area contributed by atoms with Gasteiger partial charge < -0.3 is 9.84 Å². The van der Waals surface area contributed by atoms with Gasteiger partial charge in [0.15, 0.2) is 11.6 Å². The summed E-state index contributed by atoms with van der Waals surface area (Å²) in [6, 6.07) is 9.35. The number of phenolic OH excluding ortho intramolecular Hbond substituents is 1. The van der Waals surface area contributed by atoms with Crippen molar-refractivity contribution >= 4 is 17.3 Å². The van der Waals surface area contributed by atoms with Crippen LogP contribution < -0.4 is 4.74 Å². The summed E-state index contributed by atoms with van der Waals surface area (Å²) in [5, 5.41) is 9.98. The molecule has 1 N–H and O–H groups in total. The van der Waals surface area contributed by atoms with E-state index in [0.717, 1.165) is 32.9 Å². The second-order valence-electron chi connectivity index (χ2n) is 5.31. The van der Waals surface area contributed by atoms with E-state index in [1.807, 2.05) is 12.1 Å². The Labute approximate surface area is 142 Å². The van der Waals surface area contributed by atoms with Crippen LogP contribution in [0.5, 0.6) is 11.5 Å². The number of aryl methyl sites for hydroxylation is 2. The normalized spacial score (nSPS) is 10.6. The summed E-state index contributed by atoms with van der Waals surface area (Å²) in [5.74, 6) is -1.19. The zero-order valence-electron chi connectivity index (χ0n) is 13.0. The highest BCUT2D eigenvalue weighted by atomic mass is 32.1. The number of aromatic hydroxyl groups is 1. The van der Waals surface area contributed by atoms with E-state index < -0.39 is 11.8 Å². The number of hydrogen-bond donors (Lipinski definition) is 1. The number of aromatic nitrogens is 1. The van der Waals surface area contributed by atoms with Crippen LogP contribution in [-0.2, 0) is 0 Å². The van der Waals surface area contributed by atoms with Crippen molar-refractivity contribution in [2.45, 2.75) is 13.8 Å². The molecule has 0 fully saturated rings. The molecule has 1 heterocycles. The number of thiazole rings is 1. The number of carbonyl (C=O) groups is 1. The van der Waals surface area contributed by atoms with Crippen LogP contribution in [-0.4, -0.2) is 16.1 Å². The van der Waals surface area contributed by atoms with Crippen LogP contribution >= 0.6 is 11.3 Å². The summed E-state index contributed by atoms with van der Waals surface area (Å²) in [6.45, 7) is 3.61. The first-order valence-electron chi connectivity index (χ1n) is 7.19. The third-order valence-electron chi connectivity index (χ3n) is 3.50. The van der Waals surface area contributed by atoms with Crippen molar-refractivity contribution in [3.8, 4) is 21.9 Å². The van der Waals surface area contributed by atoms with E-state index >= 15 is 0 Å². The molecule has 0 saturated carbocycles. The van der Waals surface area contributed by atoms with E-state index in [2.05, 4.69) is 4.98 Å². The molecule has 24 heavy (non-hydrogen) atoms. The highest BCUT2D eigenvalue weighted by Gasteiger charge is 2.17. The molecule has 4 nitrogen and oxygen atoms in total. The number of carbonyl (C=O) groups excluding carboxylic acids is 1. The van der Waals surface area contributed by atoms with Gasteiger partial charge in [-0.3, -0.25) is 0 Å². The van der Waals surface area contributed by atoms with Crippen molar-refractivity contribution in [2.24, 2.45) is 0 Å². The number of halogens is 1. The second kappa shape index (κ2) is 6.41. The standard InChI is InChI=1S/C18H14FNO3S/c1-10-7-12(8-11(2)16(10)21)15-9-20-17(24-15)18(22)23-14-6-4-3-5-13(14)19/h3-9,21H,1-2H3. The van der Waals surface area contributed by atoms with Crippen molar-refractivity contribution < 1.29 is 19.0 Å². The van der Waals surface area contributed by atoms with Crippen LogP contribution in [0.1, 0.15) is 20.9 Å². The molecule has 0 atom stereocenters. The summed E-state index contributed by atoms with van der Waals surface area (Å²) in [4.78, 5) is 16.9. The van der Waals surface area contributed by atoms with Crippen LogP contribution in [0.15, 0.2) is 42.6 Å². The van der Waals surface area contributed by atoms with Crippen LogP contribution in [0.3, 0.4) is 0 Å². The van der Waals surface area contributed by atoms with Gasteiger partial charge in [-0.15, -0.1) is 11.3 Å². The number of nitrogens with zero attached hydrogens (tertiary/aromatic N) is 1. The Bertz CT molecular complexity index is 897. The van der Waals surface area contributed by atoms with Gasteiger partial charge in [0, 0.05) is 6.20 Å². The molecule has 0 bridgehead atoms. The van der Waals surface area contributed by atoms with Crippen molar-refractivity contribution in [1.29, 1.82) is 0 Å². The number of phenols is 1. The third-order valence-corrected chi connectivity index (χ3v) is 4.52. The van der Waals surface area contributed by atoms with E-state index in [0.29, 0.717) is 0 Å². The number of rotatable bonds is 3. The van der Waals surface area contributed by atoms with Gasteiger partial charge in [0.1, 0.15) is 5.75 Å². The maximum absolute atomic E-state index is 13.5. The van der Waals surface area contributed by atoms with Gasteiger partial charge in [-0.05, 0) is 54.8 Å². The monoisotopic (exact) mass is 343 g/mol. The molecule has 0 aliphatic carbocycles. The van der Waals surface area contributed by atoms with E-state index in [1.165, 1.54) is 18.2 Å². The molecule has 122 valence electrons. The summed E-state index contributed by atoms with van der Waals surface area (Å²) < 4.78 is 18.6. The van der Waals surface area contributed by atoms with Gasteiger partial charge >= 0.3 is 5.97 Å². The molecule has 0 spiro atoms. The van der Waals surface area contributed by atoms with Gasteiger partial charge in [-0.2, -0.15) is 0 Å². The predicted octanol–water partition coefficient (Wildman–Crippen LogP) is 4.49. The molecule has 0 saturated heterocycles. The van der Waals surface area contributed by atoms with E-state index in [9.17, 15) is 14.3 Å². The molecule has 0 radical (unpaired) electrons. The van der Waals surface area contributed by atoms with E-state index in [-0.39, 0.29) is 16.5 Å². The van der Waals surface area contributed by atoms with Crippen LogP contribution in [0.25, 0.3) is 10.4 Å². The third kappa shape index (κ3) is 3.14. The quantitative estimate of drug-likeness (QED) is 0.562. The lowest BCUT2D eigenvalue weighted by atomic mass is 10.1. The van der Waals surface area contributed by atoms with Crippen molar-refractivity contribution in [3.05, 3.63) is 64.5 Å². The minimum atomic E-state index is -0.705. The van der Waals surface area contributed by atoms with Gasteiger partial charge in [-0.1, -0.05) is 12.1 Å². The molecular weight excluding hydrogens is 329 g/mol. The number of ether oxygens (including phenoxy) is 1. The average molecular weight is 343 g/mol. The smallest absolute Gasteiger partial charge is 0.372 e. The summed E-state index contributed by atoms with van der Waals surface area (Å²) in [5.41, 5.74) is 2.34. The second-order valence-corrected chi connectivity index (χ2v) is 6.34. The molecule has 6 heteroatoms. The van der Waals surface area contributed by atoms with E-state index in [1.54, 1.807) is 26.1 Å². The SMILES string of the molecule is Cc1cc(-c2cnc(C(=O)Oc3ccccc3F)s2)cc(C)c1O. The first-order valence-corrected chi connectivity index (χ1v) is 8.00. The van der Waals surface area contributed by atoms with E-state index in [4.69, 9.17) is 4.74 Å². The molecule has 3 aromatic rings. The molecule has 2 aromatic carbocycles. The lowest BCUT2D eigenvalue weighted by Crippen LogP contribution is -2.08. The summed E-state index contributed by atoms with van der Waals surface area (Å²) in [7, 11) is 0. The fraction of sp³-hybridized carbons (Fsp3) is 0.111. The lowest BCUT2D eigenvalue weighted by Gasteiger charge is -2.06. The maximum atomic E-state index is 13.5. The van der Waals surface area contributed by atoms with Crippen LogP contribution in [0.4, 0.5) is 4.39 Å². The molecule has 3 rings (SSSR count). The molecule has 0 aliphatic heterocycles.